The van der Waals surface area contributed by atoms with E-state index in [2.05, 4.69) is 32.9 Å². The summed E-state index contributed by atoms with van der Waals surface area (Å²) >= 11 is 3.45. The molecule has 0 atom stereocenters. The number of thiazole rings is 1. The first kappa shape index (κ1) is 17.8. The predicted octanol–water partition coefficient (Wildman–Crippen LogP) is 4.72. The van der Waals surface area contributed by atoms with Crippen molar-refractivity contribution in [1.82, 2.24) is 4.98 Å². The van der Waals surface area contributed by atoms with Crippen LogP contribution in [0.15, 0.2) is 42.5 Å². The van der Waals surface area contributed by atoms with Gasteiger partial charge in [0.15, 0.2) is 5.13 Å². The fraction of sp³-hybridized carbons (Fsp3) is 0.167. The van der Waals surface area contributed by atoms with Gasteiger partial charge in [-0.2, -0.15) is 0 Å². The Balaban J connectivity index is 1.83. The third-order valence-corrected chi connectivity index (χ3v) is 5.18. The topological polar surface area (TPSA) is 68.3 Å². The summed E-state index contributed by atoms with van der Waals surface area (Å²) in [5, 5.41) is 3.31. The number of aromatic nitrogens is 1. The summed E-state index contributed by atoms with van der Waals surface area (Å²) in [7, 11) is 0. The third-order valence-electron chi connectivity index (χ3n) is 3.31. The maximum Gasteiger partial charge on any atom is 0.338 e. The van der Waals surface area contributed by atoms with Gasteiger partial charge in [-0.25, -0.2) is 9.78 Å². The number of benzene rings is 2. The average molecular weight is 466 g/mol. The zero-order valence-electron chi connectivity index (χ0n) is 13.6. The van der Waals surface area contributed by atoms with Crippen LogP contribution in [0.2, 0.25) is 0 Å². The zero-order chi connectivity index (χ0) is 18.0. The molecule has 128 valence electrons. The third kappa shape index (κ3) is 4.16. The molecule has 1 heterocycles. The Morgan fingerprint density at radius 1 is 1.20 bits per heavy atom. The normalized spacial score (nSPS) is 10.9. The van der Waals surface area contributed by atoms with Gasteiger partial charge in [0.1, 0.15) is 0 Å². The summed E-state index contributed by atoms with van der Waals surface area (Å²) in [4.78, 5) is 28.8. The van der Waals surface area contributed by atoms with E-state index in [-0.39, 0.29) is 18.0 Å². The number of carbonyl (C=O) groups is 2. The molecule has 25 heavy (non-hydrogen) atoms. The van der Waals surface area contributed by atoms with E-state index >= 15 is 0 Å². The second kappa shape index (κ2) is 7.49. The van der Waals surface area contributed by atoms with Crippen LogP contribution in [0.25, 0.3) is 10.2 Å². The van der Waals surface area contributed by atoms with Crippen molar-refractivity contribution in [3.8, 4) is 0 Å². The average Bonchev–Trinajstić information content (AvgIpc) is 2.95. The van der Waals surface area contributed by atoms with Crippen LogP contribution >= 0.6 is 33.9 Å². The van der Waals surface area contributed by atoms with Gasteiger partial charge < -0.3 is 4.74 Å². The van der Waals surface area contributed by atoms with Crippen molar-refractivity contribution in [2.24, 2.45) is 0 Å². The maximum atomic E-state index is 12.4. The van der Waals surface area contributed by atoms with Crippen LogP contribution in [0.3, 0.4) is 0 Å². The minimum atomic E-state index is -0.366. The van der Waals surface area contributed by atoms with Gasteiger partial charge in [-0.05, 0) is 66.8 Å². The molecule has 1 N–H and O–H groups in total. The Bertz CT molecular complexity index is 952. The molecule has 5 nitrogen and oxygen atoms in total. The molecule has 1 aromatic heterocycles. The summed E-state index contributed by atoms with van der Waals surface area (Å²) in [5.41, 5.74) is 1.80. The molecule has 0 spiro atoms. The highest BCUT2D eigenvalue weighted by Crippen LogP contribution is 2.28. The van der Waals surface area contributed by atoms with Gasteiger partial charge in [0.2, 0.25) is 0 Å². The summed E-state index contributed by atoms with van der Waals surface area (Å²) in [6, 6.07) is 12.5. The standard InChI is InChI=1S/C18H15IN2O3S/c1-10(2)24-17(23)11-7-8-14-15(9-11)25-18(20-14)21-16(22)12-5-3-4-6-13(12)19/h3-10H,1-2H3,(H,20,21,22). The monoisotopic (exact) mass is 466 g/mol. The number of nitrogens with one attached hydrogen (secondary N) is 1. The lowest BCUT2D eigenvalue weighted by Crippen LogP contribution is -2.12. The molecule has 0 radical (unpaired) electrons. The first-order valence-electron chi connectivity index (χ1n) is 7.61. The molecule has 0 aliphatic heterocycles. The maximum absolute atomic E-state index is 12.4. The summed E-state index contributed by atoms with van der Waals surface area (Å²) in [6.45, 7) is 3.61. The van der Waals surface area contributed by atoms with Crippen LogP contribution in [-0.2, 0) is 4.74 Å². The largest absolute Gasteiger partial charge is 0.459 e. The molecule has 0 aliphatic carbocycles. The number of esters is 1. The Morgan fingerprint density at radius 2 is 1.96 bits per heavy atom. The van der Waals surface area contributed by atoms with Crippen molar-refractivity contribution < 1.29 is 14.3 Å². The fourth-order valence-electron chi connectivity index (χ4n) is 2.20. The lowest BCUT2D eigenvalue weighted by molar-refractivity contribution is 0.0378. The fourth-order valence-corrected chi connectivity index (χ4v) is 3.73. The van der Waals surface area contributed by atoms with Gasteiger partial charge >= 0.3 is 5.97 Å². The Morgan fingerprint density at radius 3 is 2.68 bits per heavy atom. The Kier molecular flexibility index (Phi) is 5.33. The number of nitrogens with zero attached hydrogens (tertiary/aromatic N) is 1. The highest BCUT2D eigenvalue weighted by molar-refractivity contribution is 14.1. The number of amides is 1. The summed E-state index contributed by atoms with van der Waals surface area (Å²) in [6.07, 6.45) is -0.173. The van der Waals surface area contributed by atoms with Crippen LogP contribution in [0, 0.1) is 3.57 Å². The second-order valence-corrected chi connectivity index (χ2v) is 7.78. The van der Waals surface area contributed by atoms with Crippen molar-refractivity contribution >= 4 is 61.2 Å². The molecular formula is C18H15IN2O3S. The van der Waals surface area contributed by atoms with E-state index < -0.39 is 0 Å². The molecule has 3 rings (SSSR count). The van der Waals surface area contributed by atoms with E-state index in [0.29, 0.717) is 16.3 Å². The van der Waals surface area contributed by atoms with Crippen LogP contribution in [0.5, 0.6) is 0 Å². The van der Waals surface area contributed by atoms with Crippen LogP contribution in [0.4, 0.5) is 5.13 Å². The minimum absolute atomic E-state index is 0.173. The lowest BCUT2D eigenvalue weighted by Gasteiger charge is -2.07. The van der Waals surface area contributed by atoms with Gasteiger partial charge in [-0.15, -0.1) is 0 Å². The molecule has 7 heteroatoms. The van der Waals surface area contributed by atoms with Gasteiger partial charge in [0.25, 0.3) is 5.91 Å². The number of fused-ring (bicyclic) bond motifs is 1. The molecular weight excluding hydrogens is 451 g/mol. The van der Waals surface area contributed by atoms with Gasteiger partial charge in [0.05, 0.1) is 27.4 Å². The summed E-state index contributed by atoms with van der Waals surface area (Å²) < 4.78 is 6.89. The summed E-state index contributed by atoms with van der Waals surface area (Å²) in [5.74, 6) is -0.571. The minimum Gasteiger partial charge on any atom is -0.459 e. The van der Waals surface area contributed by atoms with E-state index in [1.807, 2.05) is 32.0 Å². The number of carbonyl (C=O) groups excluding carboxylic acids is 2. The van der Waals surface area contributed by atoms with E-state index in [9.17, 15) is 9.59 Å². The molecule has 0 saturated carbocycles. The molecule has 0 fully saturated rings. The number of hydrogen-bond acceptors (Lipinski definition) is 5. The number of rotatable bonds is 4. The first-order valence-corrected chi connectivity index (χ1v) is 9.51. The number of halogens is 1. The first-order chi connectivity index (χ1) is 11.9. The van der Waals surface area contributed by atoms with E-state index in [1.54, 1.807) is 24.3 Å². The predicted molar refractivity (Wildman–Crippen MR) is 107 cm³/mol. The molecule has 2 aromatic carbocycles. The lowest BCUT2D eigenvalue weighted by atomic mass is 10.2. The van der Waals surface area contributed by atoms with E-state index in [4.69, 9.17) is 4.74 Å². The SMILES string of the molecule is CC(C)OC(=O)c1ccc2nc(NC(=O)c3ccccc3I)sc2c1. The van der Waals surface area contributed by atoms with Gasteiger partial charge in [-0.1, -0.05) is 23.5 Å². The molecule has 3 aromatic rings. The van der Waals surface area contributed by atoms with Gasteiger partial charge in [0, 0.05) is 3.57 Å². The highest BCUT2D eigenvalue weighted by atomic mass is 127. The molecule has 1 amide bonds. The zero-order valence-corrected chi connectivity index (χ0v) is 16.6. The second-order valence-electron chi connectivity index (χ2n) is 5.59. The number of ether oxygens (including phenoxy) is 1. The van der Waals surface area contributed by atoms with Crippen molar-refractivity contribution in [1.29, 1.82) is 0 Å². The number of hydrogen-bond donors (Lipinski definition) is 1. The molecule has 0 aliphatic rings. The Hall–Kier alpha value is -2.00. The van der Waals surface area contributed by atoms with E-state index in [1.165, 1.54) is 11.3 Å². The smallest absolute Gasteiger partial charge is 0.338 e. The van der Waals surface area contributed by atoms with Crippen LogP contribution in [0.1, 0.15) is 34.6 Å². The van der Waals surface area contributed by atoms with Crippen molar-refractivity contribution in [3.63, 3.8) is 0 Å². The van der Waals surface area contributed by atoms with Crippen molar-refractivity contribution in [2.75, 3.05) is 5.32 Å². The molecule has 0 unspecified atom stereocenters. The highest BCUT2D eigenvalue weighted by Gasteiger charge is 2.14. The van der Waals surface area contributed by atoms with Gasteiger partial charge in [-0.3, -0.25) is 10.1 Å². The molecule has 0 bridgehead atoms. The van der Waals surface area contributed by atoms with Crippen molar-refractivity contribution in [3.05, 3.63) is 57.2 Å². The Labute approximate surface area is 162 Å². The van der Waals surface area contributed by atoms with Crippen LogP contribution in [-0.4, -0.2) is 23.0 Å². The quantitative estimate of drug-likeness (QED) is 0.447. The molecule has 0 saturated heterocycles. The van der Waals surface area contributed by atoms with Crippen molar-refractivity contribution in [2.45, 2.75) is 20.0 Å². The van der Waals surface area contributed by atoms with E-state index in [0.717, 1.165) is 13.8 Å². The number of anilines is 1. The van der Waals surface area contributed by atoms with Crippen LogP contribution < -0.4 is 5.32 Å².